The molecule has 0 spiro atoms. The van der Waals surface area contributed by atoms with Crippen LogP contribution in [0.5, 0.6) is 0 Å². The van der Waals surface area contributed by atoms with Crippen molar-refractivity contribution in [2.75, 3.05) is 38.1 Å². The first-order valence-corrected chi connectivity index (χ1v) is 5.77. The Hall–Kier alpha value is -0.510. The number of pyridine rings is 1. The number of likely N-dealkylation sites (N-methyl/N-ethyl adjacent to an activating group) is 1. The monoisotopic (exact) mass is 261 g/mol. The summed E-state index contributed by atoms with van der Waals surface area (Å²) in [6, 6.07) is 4.05. The molecular formula is C11H17Cl2N3. The zero-order valence-corrected chi connectivity index (χ0v) is 11.0. The van der Waals surface area contributed by atoms with E-state index in [1.807, 2.05) is 12.3 Å². The summed E-state index contributed by atoms with van der Waals surface area (Å²) in [6.45, 7) is 4.31. The SMILES string of the molecule is CN1CCN(c2cc(CCl)ccn2)CC1.Cl. The summed E-state index contributed by atoms with van der Waals surface area (Å²) in [5, 5.41) is 0. The van der Waals surface area contributed by atoms with Crippen molar-refractivity contribution in [3.05, 3.63) is 23.9 Å². The average molecular weight is 262 g/mol. The van der Waals surface area contributed by atoms with E-state index in [0.717, 1.165) is 37.6 Å². The zero-order valence-electron chi connectivity index (χ0n) is 9.40. The molecule has 1 aliphatic rings. The summed E-state index contributed by atoms with van der Waals surface area (Å²) < 4.78 is 0. The van der Waals surface area contributed by atoms with E-state index in [2.05, 4.69) is 27.9 Å². The maximum Gasteiger partial charge on any atom is 0.128 e. The van der Waals surface area contributed by atoms with Crippen LogP contribution < -0.4 is 4.90 Å². The van der Waals surface area contributed by atoms with E-state index in [-0.39, 0.29) is 12.4 Å². The van der Waals surface area contributed by atoms with Gasteiger partial charge in [-0.1, -0.05) is 0 Å². The van der Waals surface area contributed by atoms with Crippen molar-refractivity contribution >= 4 is 29.8 Å². The second kappa shape index (κ2) is 6.28. The Balaban J connectivity index is 0.00000128. The van der Waals surface area contributed by atoms with Gasteiger partial charge in [-0.2, -0.15) is 0 Å². The lowest BCUT2D eigenvalue weighted by Gasteiger charge is -2.33. The molecule has 1 saturated heterocycles. The van der Waals surface area contributed by atoms with E-state index in [0.29, 0.717) is 5.88 Å². The first kappa shape index (κ1) is 13.6. The van der Waals surface area contributed by atoms with Crippen LogP contribution in [0.1, 0.15) is 5.56 Å². The molecule has 0 aromatic carbocycles. The minimum atomic E-state index is 0. The van der Waals surface area contributed by atoms with Gasteiger partial charge in [-0.15, -0.1) is 24.0 Å². The predicted molar refractivity (Wildman–Crippen MR) is 70.8 cm³/mol. The summed E-state index contributed by atoms with van der Waals surface area (Å²) in [4.78, 5) is 9.04. The smallest absolute Gasteiger partial charge is 0.128 e. The maximum absolute atomic E-state index is 5.81. The van der Waals surface area contributed by atoms with Crippen LogP contribution in [0.25, 0.3) is 0 Å². The third-order valence-corrected chi connectivity index (χ3v) is 3.10. The molecule has 0 N–H and O–H groups in total. The summed E-state index contributed by atoms with van der Waals surface area (Å²) in [5.41, 5.74) is 1.14. The lowest BCUT2D eigenvalue weighted by molar-refractivity contribution is 0.312. The number of hydrogen-bond acceptors (Lipinski definition) is 3. The molecule has 0 atom stereocenters. The van der Waals surface area contributed by atoms with Gasteiger partial charge in [-0.05, 0) is 24.7 Å². The van der Waals surface area contributed by atoms with Crippen molar-refractivity contribution in [3.63, 3.8) is 0 Å². The second-order valence-corrected chi connectivity index (χ2v) is 4.21. The number of piperazine rings is 1. The summed E-state index contributed by atoms with van der Waals surface area (Å²) in [5.74, 6) is 1.62. The van der Waals surface area contributed by atoms with Crippen LogP contribution in [0.2, 0.25) is 0 Å². The van der Waals surface area contributed by atoms with Crippen LogP contribution >= 0.6 is 24.0 Å². The van der Waals surface area contributed by atoms with E-state index < -0.39 is 0 Å². The Morgan fingerprint density at radius 2 is 2.00 bits per heavy atom. The summed E-state index contributed by atoms with van der Waals surface area (Å²) >= 11 is 5.81. The van der Waals surface area contributed by atoms with Gasteiger partial charge in [0.1, 0.15) is 5.82 Å². The molecule has 1 aromatic heterocycles. The number of hydrogen-bond donors (Lipinski definition) is 0. The molecule has 1 aliphatic heterocycles. The molecule has 1 aromatic rings. The van der Waals surface area contributed by atoms with E-state index in [1.165, 1.54) is 0 Å². The van der Waals surface area contributed by atoms with Crippen LogP contribution in [0.3, 0.4) is 0 Å². The molecule has 1 fully saturated rings. The molecule has 2 rings (SSSR count). The third kappa shape index (κ3) is 3.24. The molecule has 0 aliphatic carbocycles. The normalized spacial score (nSPS) is 17.0. The first-order valence-electron chi connectivity index (χ1n) is 5.24. The Kier molecular flexibility index (Phi) is 5.32. The standard InChI is InChI=1S/C11H16ClN3.ClH/c1-14-4-6-15(7-5-14)11-8-10(9-12)2-3-13-11;/h2-3,8H,4-7,9H2,1H3;1H. The molecule has 0 saturated carbocycles. The Bertz CT molecular complexity index is 325. The zero-order chi connectivity index (χ0) is 10.7. The van der Waals surface area contributed by atoms with Crippen LogP contribution in [-0.4, -0.2) is 43.1 Å². The minimum Gasteiger partial charge on any atom is -0.354 e. The van der Waals surface area contributed by atoms with E-state index in [9.17, 15) is 0 Å². The van der Waals surface area contributed by atoms with Gasteiger partial charge in [0.05, 0.1) is 0 Å². The Morgan fingerprint density at radius 3 is 2.62 bits per heavy atom. The molecule has 0 amide bonds. The fourth-order valence-electron chi connectivity index (χ4n) is 1.75. The lowest BCUT2D eigenvalue weighted by atomic mass is 10.2. The topological polar surface area (TPSA) is 19.4 Å². The number of nitrogens with zero attached hydrogens (tertiary/aromatic N) is 3. The first-order chi connectivity index (χ1) is 7.29. The van der Waals surface area contributed by atoms with Gasteiger partial charge in [-0.25, -0.2) is 4.98 Å². The number of aromatic nitrogens is 1. The Labute approximate surface area is 108 Å². The van der Waals surface area contributed by atoms with Gasteiger partial charge in [-0.3, -0.25) is 0 Å². The van der Waals surface area contributed by atoms with Crippen LogP contribution in [0, 0.1) is 0 Å². The number of halogens is 2. The van der Waals surface area contributed by atoms with E-state index >= 15 is 0 Å². The highest BCUT2D eigenvalue weighted by Crippen LogP contribution is 2.15. The maximum atomic E-state index is 5.81. The molecule has 0 unspecified atom stereocenters. The molecule has 5 heteroatoms. The fourth-order valence-corrected chi connectivity index (χ4v) is 1.92. The van der Waals surface area contributed by atoms with Crippen molar-refractivity contribution in [2.24, 2.45) is 0 Å². The highest BCUT2D eigenvalue weighted by Gasteiger charge is 2.14. The highest BCUT2D eigenvalue weighted by atomic mass is 35.5. The van der Waals surface area contributed by atoms with Gasteiger partial charge < -0.3 is 9.80 Å². The third-order valence-electron chi connectivity index (χ3n) is 2.79. The van der Waals surface area contributed by atoms with Gasteiger partial charge in [0.15, 0.2) is 0 Å². The fraction of sp³-hybridized carbons (Fsp3) is 0.545. The van der Waals surface area contributed by atoms with Crippen LogP contribution in [0.15, 0.2) is 18.3 Å². The van der Waals surface area contributed by atoms with Crippen LogP contribution in [-0.2, 0) is 5.88 Å². The molecule has 16 heavy (non-hydrogen) atoms. The van der Waals surface area contributed by atoms with Crippen molar-refractivity contribution in [3.8, 4) is 0 Å². The van der Waals surface area contributed by atoms with E-state index in [4.69, 9.17) is 11.6 Å². The van der Waals surface area contributed by atoms with Gasteiger partial charge in [0.2, 0.25) is 0 Å². The number of anilines is 1. The highest BCUT2D eigenvalue weighted by molar-refractivity contribution is 6.17. The molecule has 90 valence electrons. The lowest BCUT2D eigenvalue weighted by Crippen LogP contribution is -2.44. The van der Waals surface area contributed by atoms with Crippen molar-refractivity contribution in [2.45, 2.75) is 5.88 Å². The molecular weight excluding hydrogens is 245 g/mol. The van der Waals surface area contributed by atoms with Crippen molar-refractivity contribution in [1.82, 2.24) is 9.88 Å². The van der Waals surface area contributed by atoms with Crippen molar-refractivity contribution in [1.29, 1.82) is 0 Å². The second-order valence-electron chi connectivity index (χ2n) is 3.95. The molecule has 0 radical (unpaired) electrons. The van der Waals surface area contributed by atoms with Gasteiger partial charge in [0.25, 0.3) is 0 Å². The summed E-state index contributed by atoms with van der Waals surface area (Å²) in [6.07, 6.45) is 1.84. The average Bonchev–Trinajstić information content (AvgIpc) is 2.30. The van der Waals surface area contributed by atoms with E-state index in [1.54, 1.807) is 0 Å². The number of rotatable bonds is 2. The van der Waals surface area contributed by atoms with Gasteiger partial charge in [0, 0.05) is 38.3 Å². The largest absolute Gasteiger partial charge is 0.354 e. The van der Waals surface area contributed by atoms with Gasteiger partial charge >= 0.3 is 0 Å². The Morgan fingerprint density at radius 1 is 1.31 bits per heavy atom. The van der Waals surface area contributed by atoms with Crippen molar-refractivity contribution < 1.29 is 0 Å². The molecule has 0 bridgehead atoms. The molecule has 3 nitrogen and oxygen atoms in total. The van der Waals surface area contributed by atoms with Crippen LogP contribution in [0.4, 0.5) is 5.82 Å². The predicted octanol–water partition coefficient (Wildman–Crippen LogP) is 1.99. The number of alkyl halides is 1. The quantitative estimate of drug-likeness (QED) is 0.760. The summed E-state index contributed by atoms with van der Waals surface area (Å²) in [7, 11) is 2.15. The minimum absolute atomic E-state index is 0. The molecule has 2 heterocycles.